The molecule has 2 aromatic rings. The van der Waals surface area contributed by atoms with Gasteiger partial charge in [0.25, 0.3) is 0 Å². The lowest BCUT2D eigenvalue weighted by atomic mass is 9.72. The van der Waals surface area contributed by atoms with Crippen LogP contribution in [0.3, 0.4) is 0 Å². The fourth-order valence-corrected chi connectivity index (χ4v) is 3.28. The Morgan fingerprint density at radius 1 is 0.828 bits per heavy atom. The van der Waals surface area contributed by atoms with Gasteiger partial charge in [-0.1, -0.05) is 63.2 Å². The second kappa shape index (κ2) is 9.21. The van der Waals surface area contributed by atoms with Crippen LogP contribution in [0, 0.1) is 10.8 Å². The van der Waals surface area contributed by atoms with Crippen molar-refractivity contribution in [3.05, 3.63) is 48.0 Å². The second-order valence-corrected chi connectivity index (χ2v) is 8.19. The minimum Gasteiger partial charge on any atom is -0.465 e. The Labute approximate surface area is 172 Å². The number of carbonyl (C=O) groups is 3. The lowest BCUT2D eigenvalue weighted by Crippen LogP contribution is -2.47. The van der Waals surface area contributed by atoms with Gasteiger partial charge in [0.1, 0.15) is 5.78 Å². The predicted octanol–water partition coefficient (Wildman–Crippen LogP) is 4.50. The largest absolute Gasteiger partial charge is 0.465 e. The van der Waals surface area contributed by atoms with Crippen molar-refractivity contribution in [3.63, 3.8) is 0 Å². The summed E-state index contributed by atoms with van der Waals surface area (Å²) in [6.45, 7) is 8.89. The van der Waals surface area contributed by atoms with Crippen molar-refractivity contribution in [3.8, 4) is 0 Å². The van der Waals surface area contributed by atoms with Crippen LogP contribution in [-0.2, 0) is 30.3 Å². The number of hydrogen-bond donors (Lipinski definition) is 0. The molecule has 0 radical (unpaired) electrons. The Hall–Kier alpha value is -2.69. The molecular weight excluding hydrogens is 368 g/mol. The van der Waals surface area contributed by atoms with Crippen LogP contribution < -0.4 is 0 Å². The molecule has 0 spiro atoms. The van der Waals surface area contributed by atoms with E-state index in [1.807, 2.05) is 42.5 Å². The Morgan fingerprint density at radius 3 is 1.93 bits per heavy atom. The summed E-state index contributed by atoms with van der Waals surface area (Å²) in [5.74, 6) is -1.63. The summed E-state index contributed by atoms with van der Waals surface area (Å²) >= 11 is 0. The summed E-state index contributed by atoms with van der Waals surface area (Å²) in [7, 11) is 0. The molecule has 29 heavy (non-hydrogen) atoms. The van der Waals surface area contributed by atoms with Crippen LogP contribution in [0.2, 0.25) is 0 Å². The molecule has 0 aliphatic carbocycles. The van der Waals surface area contributed by atoms with Gasteiger partial charge in [-0.15, -0.1) is 0 Å². The molecule has 2 rings (SSSR count). The molecule has 0 aromatic heterocycles. The molecule has 0 amide bonds. The Bertz CT molecular complexity index is 868. The maximum absolute atomic E-state index is 13.1. The molecule has 0 fully saturated rings. The van der Waals surface area contributed by atoms with Crippen LogP contribution in [0.25, 0.3) is 10.8 Å². The first-order chi connectivity index (χ1) is 13.7. The third-order valence-corrected chi connectivity index (χ3v) is 5.00. The first-order valence-electron chi connectivity index (χ1n) is 10.00. The molecule has 0 aliphatic rings. The highest BCUT2D eigenvalue weighted by Gasteiger charge is 2.51. The van der Waals surface area contributed by atoms with E-state index in [9.17, 15) is 14.4 Å². The van der Waals surface area contributed by atoms with Gasteiger partial charge in [-0.3, -0.25) is 14.4 Å². The minimum absolute atomic E-state index is 0.0356. The van der Waals surface area contributed by atoms with E-state index < -0.39 is 22.8 Å². The Morgan fingerprint density at radius 2 is 1.38 bits per heavy atom. The fraction of sp³-hybridized carbons (Fsp3) is 0.458. The van der Waals surface area contributed by atoms with Gasteiger partial charge in [0.15, 0.2) is 5.41 Å². The number of carbonyl (C=O) groups excluding carboxylic acids is 3. The van der Waals surface area contributed by atoms with Crippen LogP contribution in [0.5, 0.6) is 0 Å². The summed E-state index contributed by atoms with van der Waals surface area (Å²) in [5, 5.41) is 1.92. The summed E-state index contributed by atoms with van der Waals surface area (Å²) in [6.07, 6.45) is -0.231. The number of hydrogen-bond acceptors (Lipinski definition) is 5. The average molecular weight is 398 g/mol. The number of fused-ring (bicyclic) bond motifs is 1. The average Bonchev–Trinajstić information content (AvgIpc) is 2.67. The second-order valence-electron chi connectivity index (χ2n) is 8.19. The highest BCUT2D eigenvalue weighted by molar-refractivity contribution is 6.05. The molecular formula is C24H30O5. The third kappa shape index (κ3) is 5.03. The molecule has 0 N–H and O–H groups in total. The molecule has 0 aliphatic heterocycles. The molecule has 0 atom stereocenters. The number of esters is 2. The zero-order chi connectivity index (χ0) is 21.7. The van der Waals surface area contributed by atoms with Crippen LogP contribution in [-0.4, -0.2) is 30.9 Å². The maximum atomic E-state index is 13.1. The predicted molar refractivity (Wildman–Crippen MR) is 112 cm³/mol. The molecule has 0 bridgehead atoms. The quantitative estimate of drug-likeness (QED) is 0.484. The molecule has 0 heterocycles. The van der Waals surface area contributed by atoms with E-state index >= 15 is 0 Å². The van der Waals surface area contributed by atoms with E-state index in [1.54, 1.807) is 34.6 Å². The van der Waals surface area contributed by atoms with E-state index in [0.717, 1.165) is 16.3 Å². The van der Waals surface area contributed by atoms with Gasteiger partial charge in [0.2, 0.25) is 0 Å². The van der Waals surface area contributed by atoms with Gasteiger partial charge in [0, 0.05) is 18.3 Å². The van der Waals surface area contributed by atoms with E-state index in [2.05, 4.69) is 0 Å². The number of ketones is 1. The minimum atomic E-state index is -1.72. The summed E-state index contributed by atoms with van der Waals surface area (Å²) < 4.78 is 10.6. The third-order valence-electron chi connectivity index (χ3n) is 5.00. The fourth-order valence-electron chi connectivity index (χ4n) is 3.28. The van der Waals surface area contributed by atoms with E-state index in [4.69, 9.17) is 9.47 Å². The van der Waals surface area contributed by atoms with Crippen molar-refractivity contribution in [1.82, 2.24) is 0 Å². The van der Waals surface area contributed by atoms with Crippen molar-refractivity contribution in [2.24, 2.45) is 10.8 Å². The van der Waals surface area contributed by atoms with E-state index in [0.29, 0.717) is 0 Å². The summed E-state index contributed by atoms with van der Waals surface area (Å²) in [6, 6.07) is 13.5. The maximum Gasteiger partial charge on any atom is 0.324 e. The van der Waals surface area contributed by atoms with Crippen LogP contribution in [0.1, 0.15) is 46.6 Å². The molecule has 5 heteroatoms. The number of benzene rings is 2. The van der Waals surface area contributed by atoms with E-state index in [-0.39, 0.29) is 31.8 Å². The van der Waals surface area contributed by atoms with Gasteiger partial charge in [-0.05, 0) is 30.2 Å². The first-order valence-corrected chi connectivity index (χ1v) is 10.00. The van der Waals surface area contributed by atoms with Gasteiger partial charge in [-0.2, -0.15) is 0 Å². The van der Waals surface area contributed by atoms with Gasteiger partial charge in [-0.25, -0.2) is 0 Å². The van der Waals surface area contributed by atoms with E-state index in [1.165, 1.54) is 0 Å². The zero-order valence-corrected chi connectivity index (χ0v) is 17.9. The molecule has 0 unspecified atom stereocenters. The molecule has 2 aromatic carbocycles. The molecule has 5 nitrogen and oxygen atoms in total. The topological polar surface area (TPSA) is 69.7 Å². The zero-order valence-electron chi connectivity index (χ0n) is 17.9. The standard InChI is InChI=1S/C24H30O5/c1-6-28-21(26)24(22(27)29-7-2,16-20(25)23(3,4)5)15-18-13-10-12-17-11-8-9-14-19(17)18/h8-14H,6-7,15-16H2,1-5H3. The first kappa shape index (κ1) is 22.6. The lowest BCUT2D eigenvalue weighted by molar-refractivity contribution is -0.174. The highest BCUT2D eigenvalue weighted by atomic mass is 16.6. The number of Topliss-reactive ketones (excluding diaryl/α,β-unsaturated/α-hetero) is 1. The summed E-state index contributed by atoms with van der Waals surface area (Å²) in [4.78, 5) is 39.2. The van der Waals surface area contributed by atoms with Crippen LogP contribution >= 0.6 is 0 Å². The van der Waals surface area contributed by atoms with Crippen LogP contribution in [0.4, 0.5) is 0 Å². The smallest absolute Gasteiger partial charge is 0.324 e. The number of ether oxygens (including phenoxy) is 2. The van der Waals surface area contributed by atoms with Gasteiger partial charge >= 0.3 is 11.9 Å². The number of rotatable bonds is 8. The highest BCUT2D eigenvalue weighted by Crippen LogP contribution is 2.36. The van der Waals surface area contributed by atoms with Crippen molar-refractivity contribution in [1.29, 1.82) is 0 Å². The normalized spacial score (nSPS) is 11.9. The van der Waals surface area contributed by atoms with Crippen LogP contribution in [0.15, 0.2) is 42.5 Å². The monoisotopic (exact) mass is 398 g/mol. The van der Waals surface area contributed by atoms with Crippen molar-refractivity contribution >= 4 is 28.5 Å². The van der Waals surface area contributed by atoms with Gasteiger partial charge in [0.05, 0.1) is 13.2 Å². The Kier molecular flexibility index (Phi) is 7.17. The van der Waals surface area contributed by atoms with Crippen molar-refractivity contribution in [2.45, 2.75) is 47.5 Å². The molecule has 0 saturated heterocycles. The molecule has 156 valence electrons. The van der Waals surface area contributed by atoms with Crippen molar-refractivity contribution < 1.29 is 23.9 Å². The Balaban J connectivity index is 2.63. The van der Waals surface area contributed by atoms with Crippen molar-refractivity contribution in [2.75, 3.05) is 13.2 Å². The lowest BCUT2D eigenvalue weighted by Gasteiger charge is -2.31. The van der Waals surface area contributed by atoms with Gasteiger partial charge < -0.3 is 9.47 Å². The molecule has 0 saturated carbocycles. The summed E-state index contributed by atoms with van der Waals surface area (Å²) in [5.41, 5.74) is -1.63. The SMILES string of the molecule is CCOC(=O)C(CC(=O)C(C)(C)C)(Cc1cccc2ccccc12)C(=O)OCC.